The fraction of sp³-hybridized carbons (Fsp3) is 0.412. The second-order valence-corrected chi connectivity index (χ2v) is 10.8. The summed E-state index contributed by atoms with van der Waals surface area (Å²) in [6, 6.07) is 20.7. The van der Waals surface area contributed by atoms with Crippen molar-refractivity contribution in [2.24, 2.45) is 5.92 Å². The third kappa shape index (κ3) is 9.76. The Morgan fingerprint density at radius 2 is 1.58 bits per heavy atom. The average molecular weight is 598 g/mol. The van der Waals surface area contributed by atoms with Crippen LogP contribution < -0.4 is 14.4 Å². The van der Waals surface area contributed by atoms with Crippen molar-refractivity contribution < 1.29 is 37.0 Å². The number of hydrogen-bond donors (Lipinski definition) is 0. The van der Waals surface area contributed by atoms with Crippen LogP contribution in [0.15, 0.2) is 72.8 Å². The Morgan fingerprint density at radius 3 is 2.26 bits per heavy atom. The van der Waals surface area contributed by atoms with Gasteiger partial charge in [-0.3, -0.25) is 9.69 Å². The largest absolute Gasteiger partial charge is 0.573 e. The van der Waals surface area contributed by atoms with E-state index in [1.165, 1.54) is 60.4 Å². The van der Waals surface area contributed by atoms with Crippen molar-refractivity contribution in [2.45, 2.75) is 64.1 Å². The van der Waals surface area contributed by atoms with Gasteiger partial charge in [0.05, 0.1) is 19.4 Å². The van der Waals surface area contributed by atoms with Crippen molar-refractivity contribution in [3.63, 3.8) is 0 Å². The van der Waals surface area contributed by atoms with Crippen LogP contribution in [0.3, 0.4) is 0 Å². The molecule has 4 rings (SSSR count). The van der Waals surface area contributed by atoms with Crippen molar-refractivity contribution >= 4 is 17.6 Å². The normalized spacial score (nSPS) is 13.5. The van der Waals surface area contributed by atoms with E-state index in [-0.39, 0.29) is 12.3 Å². The molecule has 9 heteroatoms. The second kappa shape index (κ2) is 15.5. The van der Waals surface area contributed by atoms with Crippen LogP contribution in [0.1, 0.15) is 56.9 Å². The molecule has 1 fully saturated rings. The summed E-state index contributed by atoms with van der Waals surface area (Å²) in [6.45, 7) is 0.710. The molecule has 0 aromatic heterocycles. The zero-order chi connectivity index (χ0) is 30.7. The first-order chi connectivity index (χ1) is 20.7. The van der Waals surface area contributed by atoms with Gasteiger partial charge in [0.15, 0.2) is 0 Å². The first-order valence-corrected chi connectivity index (χ1v) is 14.8. The summed E-state index contributed by atoms with van der Waals surface area (Å²) >= 11 is 0. The van der Waals surface area contributed by atoms with Crippen LogP contribution in [0.5, 0.6) is 11.5 Å². The zero-order valence-electron chi connectivity index (χ0n) is 24.4. The average Bonchev–Trinajstić information content (AvgIpc) is 3.53. The number of anilines is 1. The van der Waals surface area contributed by atoms with Gasteiger partial charge in [-0.15, -0.1) is 13.2 Å². The molecule has 1 amide bonds. The van der Waals surface area contributed by atoms with Crippen molar-refractivity contribution in [3.05, 3.63) is 78.4 Å². The van der Waals surface area contributed by atoms with Crippen LogP contribution >= 0.6 is 0 Å². The van der Waals surface area contributed by atoms with Crippen molar-refractivity contribution in [1.82, 2.24) is 0 Å². The Morgan fingerprint density at radius 1 is 0.884 bits per heavy atom. The van der Waals surface area contributed by atoms with Gasteiger partial charge in [0.2, 0.25) is 0 Å². The molecule has 1 aliphatic carbocycles. The number of alkyl halides is 3. The molecule has 0 spiro atoms. The molecule has 3 aromatic rings. The Hall–Kier alpha value is -4.01. The Bertz CT molecular complexity index is 1320. The number of aryl methyl sites for hydroxylation is 1. The van der Waals surface area contributed by atoms with E-state index in [9.17, 15) is 22.8 Å². The number of nitrogens with zero attached hydrogens (tertiary/aromatic N) is 1. The summed E-state index contributed by atoms with van der Waals surface area (Å²) in [4.78, 5) is 27.1. The number of methoxy groups -OCH3 is 1. The molecule has 0 heterocycles. The first kappa shape index (κ1) is 31.9. The predicted octanol–water partition coefficient (Wildman–Crippen LogP) is 8.13. The molecule has 1 saturated carbocycles. The van der Waals surface area contributed by atoms with Gasteiger partial charge in [-0.2, -0.15) is 0 Å². The third-order valence-corrected chi connectivity index (χ3v) is 7.71. The Labute approximate surface area is 250 Å². The van der Waals surface area contributed by atoms with E-state index in [2.05, 4.69) is 4.74 Å². The summed E-state index contributed by atoms with van der Waals surface area (Å²) in [6.07, 6.45) is 4.41. The van der Waals surface area contributed by atoms with E-state index in [4.69, 9.17) is 9.47 Å². The summed E-state index contributed by atoms with van der Waals surface area (Å²) < 4.78 is 52.9. The molecule has 3 aromatic carbocycles. The monoisotopic (exact) mass is 597 g/mol. The lowest BCUT2D eigenvalue weighted by Crippen LogP contribution is -2.38. The van der Waals surface area contributed by atoms with Gasteiger partial charge >= 0.3 is 18.2 Å². The highest BCUT2D eigenvalue weighted by Gasteiger charge is 2.31. The van der Waals surface area contributed by atoms with Crippen LogP contribution in [-0.4, -0.2) is 38.5 Å². The molecule has 0 radical (unpaired) electrons. The van der Waals surface area contributed by atoms with E-state index in [1.807, 2.05) is 30.3 Å². The van der Waals surface area contributed by atoms with Gasteiger partial charge in [0.1, 0.15) is 11.5 Å². The van der Waals surface area contributed by atoms with Gasteiger partial charge in [0.25, 0.3) is 0 Å². The number of amides is 1. The predicted molar refractivity (Wildman–Crippen MR) is 159 cm³/mol. The number of unbranched alkanes of at least 4 members (excludes halogenated alkanes) is 1. The lowest BCUT2D eigenvalue weighted by atomic mass is 10.0. The minimum absolute atomic E-state index is 0.251. The fourth-order valence-corrected chi connectivity index (χ4v) is 5.50. The fourth-order valence-electron chi connectivity index (χ4n) is 5.50. The molecule has 0 saturated heterocycles. The molecule has 0 unspecified atom stereocenters. The van der Waals surface area contributed by atoms with Crippen LogP contribution in [0.4, 0.5) is 18.9 Å². The molecule has 1 aliphatic rings. The van der Waals surface area contributed by atoms with E-state index in [0.717, 1.165) is 38.7 Å². The van der Waals surface area contributed by atoms with Gasteiger partial charge < -0.3 is 14.2 Å². The SMILES string of the molecule is COC(=O)C(=O)N(CCCCc1ccccc1)c1cc(-c2ccc(OC(F)(F)F)cc2)ccc1OCCCC1CCCC1. The standard InChI is InChI=1S/C34H38F3NO5/c1-41-33(40)32(39)38(22-8-7-14-25-10-3-2-4-11-25)30-24-28(27-16-19-29(20-17-27)43-34(35,36)37)18-21-31(30)42-23-9-15-26-12-5-6-13-26/h2-4,10-11,16-21,24,26H,5-9,12-15,22-23H2,1H3. The summed E-state index contributed by atoms with van der Waals surface area (Å²) in [5.74, 6) is -0.970. The smallest absolute Gasteiger partial charge is 0.491 e. The number of halogens is 3. The zero-order valence-corrected chi connectivity index (χ0v) is 24.4. The van der Waals surface area contributed by atoms with Gasteiger partial charge in [-0.05, 0) is 79.0 Å². The summed E-state index contributed by atoms with van der Waals surface area (Å²) in [7, 11) is 1.16. The van der Waals surface area contributed by atoms with E-state index < -0.39 is 18.2 Å². The van der Waals surface area contributed by atoms with E-state index in [1.54, 1.807) is 18.2 Å². The van der Waals surface area contributed by atoms with Gasteiger partial charge in [-0.25, -0.2) is 4.79 Å². The Balaban J connectivity index is 1.58. The maximum Gasteiger partial charge on any atom is 0.573 e. The molecular weight excluding hydrogens is 559 g/mol. The summed E-state index contributed by atoms with van der Waals surface area (Å²) in [5.41, 5.74) is 2.83. The van der Waals surface area contributed by atoms with Crippen molar-refractivity contribution in [3.8, 4) is 22.6 Å². The summed E-state index contributed by atoms with van der Waals surface area (Å²) in [5, 5.41) is 0. The highest BCUT2D eigenvalue weighted by Crippen LogP contribution is 2.36. The first-order valence-electron chi connectivity index (χ1n) is 14.8. The number of ether oxygens (including phenoxy) is 3. The minimum Gasteiger partial charge on any atom is -0.491 e. The van der Waals surface area contributed by atoms with Crippen LogP contribution in [0.2, 0.25) is 0 Å². The second-order valence-electron chi connectivity index (χ2n) is 10.8. The van der Waals surface area contributed by atoms with Crippen molar-refractivity contribution in [2.75, 3.05) is 25.2 Å². The van der Waals surface area contributed by atoms with Crippen LogP contribution in [-0.2, 0) is 20.7 Å². The number of carbonyl (C=O) groups is 2. The third-order valence-electron chi connectivity index (χ3n) is 7.71. The molecule has 0 atom stereocenters. The lowest BCUT2D eigenvalue weighted by molar-refractivity contribution is -0.274. The molecular formula is C34H38F3NO5. The molecule has 43 heavy (non-hydrogen) atoms. The highest BCUT2D eigenvalue weighted by molar-refractivity contribution is 6.38. The highest BCUT2D eigenvalue weighted by atomic mass is 19.4. The lowest BCUT2D eigenvalue weighted by Gasteiger charge is -2.25. The van der Waals surface area contributed by atoms with E-state index in [0.29, 0.717) is 35.6 Å². The topological polar surface area (TPSA) is 65.1 Å². The number of carbonyl (C=O) groups excluding carboxylic acids is 2. The maximum atomic E-state index is 13.3. The number of benzene rings is 3. The number of esters is 1. The number of rotatable bonds is 13. The molecule has 230 valence electrons. The molecule has 0 aliphatic heterocycles. The van der Waals surface area contributed by atoms with Gasteiger partial charge in [-0.1, -0.05) is 74.2 Å². The molecule has 6 nitrogen and oxygen atoms in total. The van der Waals surface area contributed by atoms with Crippen LogP contribution in [0, 0.1) is 5.92 Å². The number of hydrogen-bond acceptors (Lipinski definition) is 5. The Kier molecular flexibility index (Phi) is 11.5. The van der Waals surface area contributed by atoms with Crippen molar-refractivity contribution in [1.29, 1.82) is 0 Å². The maximum absolute atomic E-state index is 13.3. The van der Waals surface area contributed by atoms with E-state index >= 15 is 0 Å². The molecule has 0 N–H and O–H groups in total. The van der Waals surface area contributed by atoms with Crippen LogP contribution in [0.25, 0.3) is 11.1 Å². The quantitative estimate of drug-likeness (QED) is 0.113. The van der Waals surface area contributed by atoms with Gasteiger partial charge in [0, 0.05) is 6.54 Å². The minimum atomic E-state index is -4.79. The molecule has 0 bridgehead atoms.